The normalized spacial score (nSPS) is 15.5. The monoisotopic (exact) mass is 429 g/mol. The molecule has 3 aromatic rings. The molecular weight excluding hydrogens is 406 g/mol. The molecule has 0 saturated carbocycles. The van der Waals surface area contributed by atoms with Gasteiger partial charge in [0.2, 0.25) is 0 Å². The van der Waals surface area contributed by atoms with E-state index in [1.54, 1.807) is 24.3 Å². The number of carbonyl (C=O) groups is 3. The fourth-order valence-electron chi connectivity index (χ4n) is 4.33. The number of aromatic nitrogens is 1. The third-order valence-electron chi connectivity index (χ3n) is 5.97. The van der Waals surface area contributed by atoms with Crippen LogP contribution in [-0.2, 0) is 4.74 Å². The third kappa shape index (κ3) is 3.60. The molecule has 2 amide bonds. The van der Waals surface area contributed by atoms with Crippen molar-refractivity contribution in [1.29, 1.82) is 0 Å². The first-order valence-electron chi connectivity index (χ1n) is 10.9. The van der Waals surface area contributed by atoms with Gasteiger partial charge in [-0.3, -0.25) is 14.5 Å². The van der Waals surface area contributed by atoms with Gasteiger partial charge < -0.3 is 9.64 Å². The highest BCUT2D eigenvalue weighted by molar-refractivity contribution is 6.21. The van der Waals surface area contributed by atoms with E-state index in [9.17, 15) is 14.4 Å². The van der Waals surface area contributed by atoms with Crippen molar-refractivity contribution < 1.29 is 19.1 Å². The fraction of sp³-hybridized carbons (Fsp3) is 0.280. The van der Waals surface area contributed by atoms with Crippen LogP contribution in [0.2, 0.25) is 0 Å². The molecule has 162 valence electrons. The summed E-state index contributed by atoms with van der Waals surface area (Å²) in [5.41, 5.74) is 2.14. The number of carbonyl (C=O) groups excluding carboxylic acids is 3. The maximum atomic E-state index is 12.9. The largest absolute Gasteiger partial charge is 0.462 e. The van der Waals surface area contributed by atoms with Crippen LogP contribution in [0.1, 0.15) is 50.3 Å². The average Bonchev–Trinajstić information content (AvgIpc) is 3.44. The number of para-hydroxylation sites is 1. The second kappa shape index (κ2) is 8.42. The Balaban J connectivity index is 1.26. The van der Waals surface area contributed by atoms with E-state index < -0.39 is 5.97 Å². The number of ether oxygens (including phenoxy) is 1. The van der Waals surface area contributed by atoms with E-state index in [-0.39, 0.29) is 25.0 Å². The number of fused-ring (bicyclic) bond motifs is 2. The molecule has 0 atom stereocenters. The van der Waals surface area contributed by atoms with Crippen LogP contribution in [-0.4, -0.2) is 53.9 Å². The zero-order valence-corrected chi connectivity index (χ0v) is 17.6. The van der Waals surface area contributed by atoms with Gasteiger partial charge in [0.25, 0.3) is 11.8 Å². The van der Waals surface area contributed by atoms with E-state index in [1.807, 2.05) is 30.3 Å². The lowest BCUT2D eigenvalue weighted by molar-refractivity contribution is 0.0483. The minimum Gasteiger partial charge on any atom is -0.462 e. The molecule has 7 heteroatoms. The summed E-state index contributed by atoms with van der Waals surface area (Å²) >= 11 is 0. The fourth-order valence-corrected chi connectivity index (χ4v) is 4.33. The van der Waals surface area contributed by atoms with Gasteiger partial charge in [-0.15, -0.1) is 0 Å². The van der Waals surface area contributed by atoms with Crippen molar-refractivity contribution in [3.63, 3.8) is 0 Å². The van der Waals surface area contributed by atoms with E-state index in [0.29, 0.717) is 28.9 Å². The Hall–Kier alpha value is -3.74. The van der Waals surface area contributed by atoms with Gasteiger partial charge >= 0.3 is 5.97 Å². The number of imide groups is 1. The van der Waals surface area contributed by atoms with Crippen molar-refractivity contribution in [1.82, 2.24) is 9.88 Å². The lowest BCUT2D eigenvalue weighted by atomic mass is 10.1. The first kappa shape index (κ1) is 20.2. The van der Waals surface area contributed by atoms with Crippen LogP contribution < -0.4 is 4.90 Å². The SMILES string of the molecule is O=C(OCCCN1C(=O)c2ccccc2C1=O)c1cc2ccccc2nc1N1CCCC1. The number of nitrogens with zero attached hydrogens (tertiary/aromatic N) is 3. The van der Waals surface area contributed by atoms with Crippen LogP contribution in [0.5, 0.6) is 0 Å². The molecule has 1 aromatic heterocycles. The Morgan fingerprint density at radius 3 is 2.31 bits per heavy atom. The molecule has 5 rings (SSSR count). The Morgan fingerprint density at radius 2 is 1.59 bits per heavy atom. The van der Waals surface area contributed by atoms with Crippen LogP contribution in [0.4, 0.5) is 5.82 Å². The topological polar surface area (TPSA) is 79.8 Å². The first-order chi connectivity index (χ1) is 15.6. The molecular formula is C25H23N3O4. The molecule has 1 fully saturated rings. The number of amides is 2. The average molecular weight is 429 g/mol. The van der Waals surface area contributed by atoms with E-state index in [1.165, 1.54) is 4.90 Å². The molecule has 2 aromatic carbocycles. The Morgan fingerprint density at radius 1 is 0.938 bits per heavy atom. The standard InChI is InChI=1S/C25H23N3O4/c29-23-18-9-2-3-10-19(18)24(30)28(23)14-7-15-32-25(31)20-16-17-8-1-4-11-21(17)26-22(20)27-12-5-6-13-27/h1-4,8-11,16H,5-7,12-15H2. The third-order valence-corrected chi connectivity index (χ3v) is 5.97. The zero-order valence-electron chi connectivity index (χ0n) is 17.6. The second-order valence-electron chi connectivity index (χ2n) is 8.04. The summed E-state index contributed by atoms with van der Waals surface area (Å²) in [6.45, 7) is 2.05. The van der Waals surface area contributed by atoms with Crippen LogP contribution in [0.3, 0.4) is 0 Å². The number of anilines is 1. The van der Waals surface area contributed by atoms with E-state index >= 15 is 0 Å². The molecule has 0 bridgehead atoms. The maximum Gasteiger partial charge on any atom is 0.341 e. The molecule has 2 aliphatic heterocycles. The molecule has 0 unspecified atom stereocenters. The Kier molecular flexibility index (Phi) is 5.31. The Bertz CT molecular complexity index is 1180. The molecule has 0 N–H and O–H groups in total. The van der Waals surface area contributed by atoms with Crippen LogP contribution in [0, 0.1) is 0 Å². The van der Waals surface area contributed by atoms with Gasteiger partial charge in [-0.2, -0.15) is 0 Å². The van der Waals surface area contributed by atoms with Crippen molar-refractivity contribution in [2.75, 3.05) is 31.1 Å². The minimum absolute atomic E-state index is 0.110. The summed E-state index contributed by atoms with van der Waals surface area (Å²) < 4.78 is 5.53. The Labute approximate surface area is 185 Å². The number of esters is 1. The van der Waals surface area contributed by atoms with Crippen LogP contribution in [0.15, 0.2) is 54.6 Å². The zero-order chi connectivity index (χ0) is 22.1. The predicted octanol–water partition coefficient (Wildman–Crippen LogP) is 3.68. The molecule has 0 aliphatic carbocycles. The first-order valence-corrected chi connectivity index (χ1v) is 10.9. The molecule has 3 heterocycles. The number of pyridine rings is 1. The van der Waals surface area contributed by atoms with Crippen molar-refractivity contribution >= 4 is 34.5 Å². The second-order valence-corrected chi connectivity index (χ2v) is 8.04. The van der Waals surface area contributed by atoms with E-state index in [0.717, 1.165) is 36.8 Å². The van der Waals surface area contributed by atoms with Gasteiger partial charge in [0.15, 0.2) is 0 Å². The van der Waals surface area contributed by atoms with Gasteiger partial charge in [0.1, 0.15) is 11.4 Å². The lowest BCUT2D eigenvalue weighted by Gasteiger charge is -2.20. The van der Waals surface area contributed by atoms with Crippen molar-refractivity contribution in [2.45, 2.75) is 19.3 Å². The van der Waals surface area contributed by atoms with Gasteiger partial charge in [-0.25, -0.2) is 9.78 Å². The molecule has 1 saturated heterocycles. The molecule has 7 nitrogen and oxygen atoms in total. The van der Waals surface area contributed by atoms with Gasteiger partial charge in [-0.1, -0.05) is 30.3 Å². The number of hydrogen-bond acceptors (Lipinski definition) is 6. The highest BCUT2D eigenvalue weighted by Crippen LogP contribution is 2.27. The van der Waals surface area contributed by atoms with Crippen molar-refractivity contribution in [2.24, 2.45) is 0 Å². The highest BCUT2D eigenvalue weighted by Gasteiger charge is 2.34. The minimum atomic E-state index is -0.437. The van der Waals surface area contributed by atoms with Crippen LogP contribution in [0.25, 0.3) is 10.9 Å². The van der Waals surface area contributed by atoms with Crippen molar-refractivity contribution in [3.8, 4) is 0 Å². The lowest BCUT2D eigenvalue weighted by Crippen LogP contribution is -2.31. The summed E-state index contributed by atoms with van der Waals surface area (Å²) in [7, 11) is 0. The summed E-state index contributed by atoms with van der Waals surface area (Å²) in [6.07, 6.45) is 2.52. The molecule has 0 radical (unpaired) electrons. The number of hydrogen-bond donors (Lipinski definition) is 0. The predicted molar refractivity (Wildman–Crippen MR) is 120 cm³/mol. The number of rotatable bonds is 6. The maximum absolute atomic E-state index is 12.9. The van der Waals surface area contributed by atoms with Gasteiger partial charge in [-0.05, 0) is 43.5 Å². The molecule has 0 spiro atoms. The van der Waals surface area contributed by atoms with E-state index in [4.69, 9.17) is 9.72 Å². The summed E-state index contributed by atoms with van der Waals surface area (Å²) in [4.78, 5) is 45.9. The van der Waals surface area contributed by atoms with Crippen molar-refractivity contribution in [3.05, 3.63) is 71.3 Å². The smallest absolute Gasteiger partial charge is 0.341 e. The highest BCUT2D eigenvalue weighted by atomic mass is 16.5. The summed E-state index contributed by atoms with van der Waals surface area (Å²) in [6, 6.07) is 16.3. The molecule has 2 aliphatic rings. The van der Waals surface area contributed by atoms with Gasteiger partial charge in [0.05, 0.1) is 23.3 Å². The van der Waals surface area contributed by atoms with E-state index in [2.05, 4.69) is 4.90 Å². The number of benzene rings is 2. The quantitative estimate of drug-likeness (QED) is 0.338. The summed E-state index contributed by atoms with van der Waals surface area (Å²) in [5, 5.41) is 0.883. The summed E-state index contributed by atoms with van der Waals surface area (Å²) in [5.74, 6) is -0.377. The van der Waals surface area contributed by atoms with Gasteiger partial charge in [0, 0.05) is 25.0 Å². The van der Waals surface area contributed by atoms with Crippen LogP contribution >= 0.6 is 0 Å². The molecule has 32 heavy (non-hydrogen) atoms.